The molecular weight excluding hydrogens is 568 g/mol. The summed E-state index contributed by atoms with van der Waals surface area (Å²) in [5, 5.41) is 21.2. The number of hydrogen-bond acceptors (Lipinski definition) is 8. The van der Waals surface area contributed by atoms with E-state index in [1.54, 1.807) is 9.80 Å². The molecule has 0 radical (unpaired) electrons. The minimum Gasteiger partial charge on any atom is -0.395 e. The fourth-order valence-corrected chi connectivity index (χ4v) is 5.51. The van der Waals surface area contributed by atoms with E-state index < -0.39 is 53.1 Å². The van der Waals surface area contributed by atoms with Gasteiger partial charge in [0.15, 0.2) is 0 Å². The van der Waals surface area contributed by atoms with E-state index in [0.717, 1.165) is 0 Å². The molecule has 3 heterocycles. The molecule has 10 nitrogen and oxygen atoms in total. The molecule has 3 N–H and O–H groups in total. The second-order valence-electron chi connectivity index (χ2n) is 9.70. The van der Waals surface area contributed by atoms with E-state index in [4.69, 9.17) is 5.11 Å². The SMILES string of the molecule is N#Cc1ccc(NC(=O)c2ccc(NS(=O)(=O)CCO)cc2N2CCC(=C(F)F)CC2)nc1N1CCC(F)(F)CC1. The molecule has 2 aliphatic rings. The molecule has 2 fully saturated rings. The summed E-state index contributed by atoms with van der Waals surface area (Å²) >= 11 is 0. The summed E-state index contributed by atoms with van der Waals surface area (Å²) in [5.41, 5.74) is 0.678. The molecule has 2 aromatic rings. The highest BCUT2D eigenvalue weighted by atomic mass is 32.2. The lowest BCUT2D eigenvalue weighted by Gasteiger charge is -2.33. The average molecular weight is 597 g/mol. The highest BCUT2D eigenvalue weighted by Crippen LogP contribution is 2.33. The predicted molar refractivity (Wildman–Crippen MR) is 145 cm³/mol. The Hall–Kier alpha value is -3.90. The number of aliphatic hydroxyl groups excluding tert-OH is 1. The molecule has 0 saturated carbocycles. The van der Waals surface area contributed by atoms with Crippen LogP contribution in [0.25, 0.3) is 0 Å². The number of nitrogens with zero attached hydrogens (tertiary/aromatic N) is 4. The average Bonchev–Trinajstić information content (AvgIpc) is 2.92. The molecule has 0 atom stereocenters. The van der Waals surface area contributed by atoms with Gasteiger partial charge >= 0.3 is 0 Å². The van der Waals surface area contributed by atoms with Crippen molar-refractivity contribution in [2.75, 3.05) is 58.4 Å². The maximum Gasteiger partial charge on any atom is 0.269 e. The van der Waals surface area contributed by atoms with Gasteiger partial charge in [-0.25, -0.2) is 22.2 Å². The molecule has 4 rings (SSSR count). The number of carbonyl (C=O) groups excluding carboxylic acids is 1. The van der Waals surface area contributed by atoms with Crippen molar-refractivity contribution in [3.05, 3.63) is 53.1 Å². The monoisotopic (exact) mass is 596 g/mol. The van der Waals surface area contributed by atoms with Crippen LogP contribution >= 0.6 is 0 Å². The lowest BCUT2D eigenvalue weighted by Crippen LogP contribution is -2.40. The Kier molecular flexibility index (Phi) is 9.03. The first-order valence-electron chi connectivity index (χ1n) is 12.8. The highest BCUT2D eigenvalue weighted by Gasteiger charge is 2.35. The smallest absolute Gasteiger partial charge is 0.269 e. The van der Waals surface area contributed by atoms with Gasteiger partial charge in [0.25, 0.3) is 17.9 Å². The van der Waals surface area contributed by atoms with Gasteiger partial charge in [-0.3, -0.25) is 9.52 Å². The third-order valence-electron chi connectivity index (χ3n) is 6.88. The fourth-order valence-electron chi connectivity index (χ4n) is 4.68. The Bertz CT molecular complexity index is 1470. The van der Waals surface area contributed by atoms with E-state index in [-0.39, 0.29) is 78.7 Å². The van der Waals surface area contributed by atoms with Crippen LogP contribution in [-0.4, -0.2) is 68.9 Å². The summed E-state index contributed by atoms with van der Waals surface area (Å²) in [6.45, 7) is -0.334. The zero-order valence-corrected chi connectivity index (χ0v) is 22.7. The van der Waals surface area contributed by atoms with Gasteiger partial charge in [0.05, 0.1) is 34.9 Å². The number of sulfonamides is 1. The van der Waals surface area contributed by atoms with Gasteiger partial charge in [-0.15, -0.1) is 0 Å². The Morgan fingerprint density at radius 3 is 2.37 bits per heavy atom. The number of rotatable bonds is 8. The number of halogens is 4. The standard InChI is InChI=1S/C26H28F4N6O4S/c27-23(28)17-5-9-35(10-6-17)21-15-19(34-41(39,40)14-13-37)2-3-20(21)25(38)33-22-4-1-18(16-31)24(32-22)36-11-7-26(29,30)8-12-36/h1-4,15,34,37H,5-14H2,(H,32,33,38). The predicted octanol–water partition coefficient (Wildman–Crippen LogP) is 3.93. The number of anilines is 4. The molecule has 15 heteroatoms. The maximum absolute atomic E-state index is 13.7. The van der Waals surface area contributed by atoms with E-state index in [9.17, 15) is 36.0 Å². The summed E-state index contributed by atoms with van der Waals surface area (Å²) in [6, 6.07) is 8.95. The van der Waals surface area contributed by atoms with Gasteiger partial charge in [-0.1, -0.05) is 0 Å². The van der Waals surface area contributed by atoms with Crippen molar-refractivity contribution < 1.29 is 35.9 Å². The van der Waals surface area contributed by atoms with Crippen molar-refractivity contribution in [1.29, 1.82) is 5.26 Å². The fraction of sp³-hybridized carbons (Fsp3) is 0.423. The summed E-state index contributed by atoms with van der Waals surface area (Å²) in [6.07, 6.45) is -2.42. The molecule has 1 amide bonds. The van der Waals surface area contributed by atoms with Crippen LogP contribution in [0.5, 0.6) is 0 Å². The minimum atomic E-state index is -3.88. The normalized spacial score (nSPS) is 17.1. The van der Waals surface area contributed by atoms with Gasteiger partial charge in [-0.05, 0) is 48.7 Å². The van der Waals surface area contributed by atoms with E-state index >= 15 is 0 Å². The van der Waals surface area contributed by atoms with Crippen LogP contribution in [-0.2, 0) is 10.0 Å². The summed E-state index contributed by atoms with van der Waals surface area (Å²) < 4.78 is 80.3. The van der Waals surface area contributed by atoms with Gasteiger partial charge in [0.2, 0.25) is 10.0 Å². The molecule has 0 unspecified atom stereocenters. The first-order chi connectivity index (χ1) is 19.4. The lowest BCUT2D eigenvalue weighted by atomic mass is 10.0. The second kappa shape index (κ2) is 12.3. The van der Waals surface area contributed by atoms with Crippen molar-refractivity contribution in [3.8, 4) is 6.07 Å². The molecule has 0 spiro atoms. The number of piperidine rings is 2. The lowest BCUT2D eigenvalue weighted by molar-refractivity contribution is -0.0221. The molecule has 2 saturated heterocycles. The first-order valence-corrected chi connectivity index (χ1v) is 14.5. The number of nitriles is 1. The van der Waals surface area contributed by atoms with Crippen LogP contribution in [0, 0.1) is 11.3 Å². The van der Waals surface area contributed by atoms with Crippen molar-refractivity contribution in [1.82, 2.24) is 4.98 Å². The van der Waals surface area contributed by atoms with Crippen LogP contribution < -0.4 is 19.8 Å². The summed E-state index contributed by atoms with van der Waals surface area (Å²) in [5.74, 6) is -3.76. The van der Waals surface area contributed by atoms with Crippen molar-refractivity contribution >= 4 is 38.9 Å². The molecule has 41 heavy (non-hydrogen) atoms. The van der Waals surface area contributed by atoms with Crippen LogP contribution in [0.4, 0.5) is 40.6 Å². The Labute approximate surface area is 234 Å². The van der Waals surface area contributed by atoms with E-state index in [0.29, 0.717) is 0 Å². The number of alkyl halides is 2. The Morgan fingerprint density at radius 1 is 1.07 bits per heavy atom. The molecule has 0 aliphatic carbocycles. The topological polar surface area (TPSA) is 139 Å². The zero-order chi connectivity index (χ0) is 29.8. The number of carbonyl (C=O) groups is 1. The number of benzene rings is 1. The largest absolute Gasteiger partial charge is 0.395 e. The molecule has 0 bridgehead atoms. The number of nitrogens with one attached hydrogen (secondary N) is 2. The van der Waals surface area contributed by atoms with Crippen molar-refractivity contribution in [3.63, 3.8) is 0 Å². The zero-order valence-electron chi connectivity index (χ0n) is 21.8. The second-order valence-corrected chi connectivity index (χ2v) is 11.5. The van der Waals surface area contributed by atoms with E-state index in [2.05, 4.69) is 15.0 Å². The van der Waals surface area contributed by atoms with Crippen LogP contribution in [0.2, 0.25) is 0 Å². The third kappa shape index (κ3) is 7.44. The van der Waals surface area contributed by atoms with Gasteiger partial charge in [-0.2, -0.15) is 14.0 Å². The quantitative estimate of drug-likeness (QED) is 0.390. The molecule has 1 aromatic heterocycles. The van der Waals surface area contributed by atoms with Crippen LogP contribution in [0.3, 0.4) is 0 Å². The molecular formula is C26H28F4N6O4S. The van der Waals surface area contributed by atoms with Crippen LogP contribution in [0.1, 0.15) is 41.6 Å². The van der Waals surface area contributed by atoms with E-state index in [1.165, 1.54) is 30.3 Å². The van der Waals surface area contributed by atoms with Crippen LogP contribution in [0.15, 0.2) is 42.0 Å². The summed E-state index contributed by atoms with van der Waals surface area (Å²) in [4.78, 5) is 21.0. The van der Waals surface area contributed by atoms with E-state index in [1.807, 2.05) is 6.07 Å². The van der Waals surface area contributed by atoms with Gasteiger partial charge < -0.3 is 20.2 Å². The van der Waals surface area contributed by atoms with Gasteiger partial charge in [0, 0.05) is 39.0 Å². The number of pyridine rings is 1. The molecule has 2 aliphatic heterocycles. The summed E-state index contributed by atoms with van der Waals surface area (Å²) in [7, 11) is -3.88. The number of aromatic nitrogens is 1. The minimum absolute atomic E-state index is 0.0110. The van der Waals surface area contributed by atoms with Crippen molar-refractivity contribution in [2.45, 2.75) is 31.6 Å². The maximum atomic E-state index is 13.7. The first kappa shape index (κ1) is 30.1. The number of amides is 1. The highest BCUT2D eigenvalue weighted by molar-refractivity contribution is 7.92. The molecule has 220 valence electrons. The Morgan fingerprint density at radius 2 is 1.76 bits per heavy atom. The third-order valence-corrected chi connectivity index (χ3v) is 8.15. The number of hydrogen-bond donors (Lipinski definition) is 3. The Balaban J connectivity index is 1.62. The number of aliphatic hydroxyl groups is 1. The van der Waals surface area contributed by atoms with Gasteiger partial charge in [0.1, 0.15) is 17.7 Å². The van der Waals surface area contributed by atoms with Crippen molar-refractivity contribution in [2.24, 2.45) is 0 Å². The molecule has 1 aromatic carbocycles.